The Morgan fingerprint density at radius 1 is 0.720 bits per heavy atom. The fraction of sp³-hybridized carbons (Fsp3) is 0.211. The van der Waals surface area contributed by atoms with E-state index in [1.54, 1.807) is 39.5 Å². The van der Waals surface area contributed by atoms with E-state index in [1.165, 1.54) is 13.2 Å². The van der Waals surface area contributed by atoms with Crippen LogP contribution < -0.4 is 24.6 Å². The summed E-state index contributed by atoms with van der Waals surface area (Å²) in [5.41, 5.74) is 1.45. The van der Waals surface area contributed by atoms with Crippen LogP contribution in [0.4, 0.5) is 0 Å². The van der Waals surface area contributed by atoms with E-state index in [0.717, 1.165) is 10.9 Å². The molecule has 3 rings (SSSR count). The van der Waals surface area contributed by atoms with Crippen molar-refractivity contribution >= 4 is 11.0 Å². The lowest BCUT2D eigenvalue weighted by atomic mass is 10.0. The molecule has 130 valence electrons. The van der Waals surface area contributed by atoms with Crippen molar-refractivity contribution in [2.24, 2.45) is 0 Å². The molecular weight excluding hydrogens is 324 g/mol. The van der Waals surface area contributed by atoms with Gasteiger partial charge in [-0.15, -0.1) is 0 Å². The first kappa shape index (κ1) is 16.7. The Morgan fingerprint density at radius 3 is 1.96 bits per heavy atom. The Kier molecular flexibility index (Phi) is 4.52. The first-order valence-electron chi connectivity index (χ1n) is 7.53. The molecule has 6 heteroatoms. The van der Waals surface area contributed by atoms with Crippen molar-refractivity contribution < 1.29 is 23.4 Å². The van der Waals surface area contributed by atoms with Crippen molar-refractivity contribution in [2.75, 3.05) is 28.4 Å². The summed E-state index contributed by atoms with van der Waals surface area (Å²) in [6.07, 6.45) is 0. The van der Waals surface area contributed by atoms with Gasteiger partial charge in [0.1, 0.15) is 5.58 Å². The van der Waals surface area contributed by atoms with Crippen LogP contribution in [0, 0.1) is 0 Å². The fourth-order valence-corrected chi connectivity index (χ4v) is 2.73. The molecule has 0 unspecified atom stereocenters. The standard InChI is InChI=1S/C19H18O6/c1-21-14-6-5-11(7-16(14)22-2)12-9-19(20)25-15-10-18(24-4)17(23-3)8-13(12)15/h5-10H,1-4H3. The molecule has 0 amide bonds. The molecule has 0 aliphatic rings. The number of hydrogen-bond donors (Lipinski definition) is 0. The SMILES string of the molecule is COc1ccc(-c2cc(=O)oc3cc(OC)c(OC)cc23)cc1OC. The van der Waals surface area contributed by atoms with Gasteiger partial charge in [0.25, 0.3) is 0 Å². The Bertz CT molecular complexity index is 974. The third-order valence-corrected chi connectivity index (χ3v) is 3.94. The summed E-state index contributed by atoms with van der Waals surface area (Å²) in [4.78, 5) is 12.0. The second kappa shape index (κ2) is 6.76. The van der Waals surface area contributed by atoms with E-state index in [1.807, 2.05) is 12.1 Å². The third kappa shape index (κ3) is 2.98. The molecule has 1 aromatic heterocycles. The zero-order valence-corrected chi connectivity index (χ0v) is 14.4. The molecule has 0 atom stereocenters. The lowest BCUT2D eigenvalue weighted by Crippen LogP contribution is -2.00. The molecule has 0 saturated carbocycles. The maximum atomic E-state index is 12.0. The van der Waals surface area contributed by atoms with Gasteiger partial charge in [0.05, 0.1) is 28.4 Å². The molecule has 6 nitrogen and oxygen atoms in total. The molecule has 0 bridgehead atoms. The molecule has 0 spiro atoms. The Morgan fingerprint density at radius 2 is 1.32 bits per heavy atom. The summed E-state index contributed by atoms with van der Waals surface area (Å²) in [7, 11) is 6.22. The second-order valence-electron chi connectivity index (χ2n) is 5.25. The van der Waals surface area contributed by atoms with Gasteiger partial charge in [0.2, 0.25) is 0 Å². The molecule has 25 heavy (non-hydrogen) atoms. The van der Waals surface area contributed by atoms with E-state index >= 15 is 0 Å². The van der Waals surface area contributed by atoms with Crippen LogP contribution in [0.3, 0.4) is 0 Å². The van der Waals surface area contributed by atoms with Crippen LogP contribution in [0.5, 0.6) is 23.0 Å². The van der Waals surface area contributed by atoms with Gasteiger partial charge in [0, 0.05) is 23.1 Å². The van der Waals surface area contributed by atoms with Crippen LogP contribution in [0.2, 0.25) is 0 Å². The van der Waals surface area contributed by atoms with Gasteiger partial charge >= 0.3 is 5.63 Å². The number of fused-ring (bicyclic) bond motifs is 1. The van der Waals surface area contributed by atoms with E-state index in [2.05, 4.69) is 0 Å². The van der Waals surface area contributed by atoms with Crippen LogP contribution in [0.1, 0.15) is 0 Å². The van der Waals surface area contributed by atoms with Crippen LogP contribution in [0.15, 0.2) is 45.6 Å². The number of hydrogen-bond acceptors (Lipinski definition) is 6. The first-order chi connectivity index (χ1) is 12.1. The van der Waals surface area contributed by atoms with Crippen molar-refractivity contribution in [1.29, 1.82) is 0 Å². The van der Waals surface area contributed by atoms with Crippen molar-refractivity contribution in [1.82, 2.24) is 0 Å². The molecule has 0 aliphatic carbocycles. The second-order valence-corrected chi connectivity index (χ2v) is 5.25. The van der Waals surface area contributed by atoms with Gasteiger partial charge in [-0.25, -0.2) is 4.79 Å². The lowest BCUT2D eigenvalue weighted by Gasteiger charge is -2.13. The molecule has 2 aromatic carbocycles. The molecule has 3 aromatic rings. The molecule has 0 radical (unpaired) electrons. The van der Waals surface area contributed by atoms with Gasteiger partial charge in [-0.05, 0) is 23.8 Å². The zero-order valence-electron chi connectivity index (χ0n) is 14.4. The van der Waals surface area contributed by atoms with Crippen molar-refractivity contribution in [3.63, 3.8) is 0 Å². The highest BCUT2D eigenvalue weighted by molar-refractivity contribution is 5.95. The summed E-state index contributed by atoms with van der Waals surface area (Å²) in [5.74, 6) is 2.22. The highest BCUT2D eigenvalue weighted by atomic mass is 16.5. The predicted molar refractivity (Wildman–Crippen MR) is 94.1 cm³/mol. The molecule has 0 N–H and O–H groups in total. The smallest absolute Gasteiger partial charge is 0.336 e. The highest BCUT2D eigenvalue weighted by Gasteiger charge is 2.15. The minimum Gasteiger partial charge on any atom is -0.493 e. The van der Waals surface area contributed by atoms with Gasteiger partial charge in [-0.3, -0.25) is 0 Å². The molecule has 0 fully saturated rings. The van der Waals surface area contributed by atoms with Crippen molar-refractivity contribution in [3.05, 3.63) is 46.8 Å². The summed E-state index contributed by atoms with van der Waals surface area (Å²) in [5, 5.41) is 0.726. The maximum absolute atomic E-state index is 12.0. The van der Waals surface area contributed by atoms with E-state index in [9.17, 15) is 4.79 Å². The first-order valence-corrected chi connectivity index (χ1v) is 7.53. The minimum atomic E-state index is -0.454. The fourth-order valence-electron chi connectivity index (χ4n) is 2.73. The van der Waals surface area contributed by atoms with Crippen molar-refractivity contribution in [2.45, 2.75) is 0 Å². The van der Waals surface area contributed by atoms with E-state index in [4.69, 9.17) is 23.4 Å². The predicted octanol–water partition coefficient (Wildman–Crippen LogP) is 3.49. The molecular formula is C19H18O6. The zero-order chi connectivity index (χ0) is 18.0. The van der Waals surface area contributed by atoms with E-state index < -0.39 is 5.63 Å². The largest absolute Gasteiger partial charge is 0.493 e. The van der Waals surface area contributed by atoms with E-state index in [-0.39, 0.29) is 0 Å². The average Bonchev–Trinajstić information content (AvgIpc) is 2.65. The van der Waals surface area contributed by atoms with Gasteiger partial charge in [0.15, 0.2) is 23.0 Å². The topological polar surface area (TPSA) is 67.1 Å². The Balaban J connectivity index is 2.30. The average molecular weight is 342 g/mol. The monoisotopic (exact) mass is 342 g/mol. The summed E-state index contributed by atoms with van der Waals surface area (Å²) in [6, 6.07) is 10.3. The van der Waals surface area contributed by atoms with Gasteiger partial charge < -0.3 is 23.4 Å². The highest BCUT2D eigenvalue weighted by Crippen LogP contribution is 2.38. The Labute approximate surface area is 144 Å². The number of ether oxygens (including phenoxy) is 4. The summed E-state index contributed by atoms with van der Waals surface area (Å²) < 4.78 is 26.6. The van der Waals surface area contributed by atoms with Crippen LogP contribution in [-0.2, 0) is 0 Å². The lowest BCUT2D eigenvalue weighted by molar-refractivity contribution is 0.355. The molecule has 1 heterocycles. The number of benzene rings is 2. The molecule has 0 saturated heterocycles. The Hall–Kier alpha value is -3.15. The van der Waals surface area contributed by atoms with Crippen molar-refractivity contribution in [3.8, 4) is 34.1 Å². The normalized spacial score (nSPS) is 10.6. The maximum Gasteiger partial charge on any atom is 0.336 e. The quantitative estimate of drug-likeness (QED) is 0.661. The van der Waals surface area contributed by atoms with Gasteiger partial charge in [-0.2, -0.15) is 0 Å². The number of rotatable bonds is 5. The molecule has 0 aliphatic heterocycles. The minimum absolute atomic E-state index is 0.412. The summed E-state index contributed by atoms with van der Waals surface area (Å²) in [6.45, 7) is 0. The van der Waals surface area contributed by atoms with Crippen LogP contribution in [-0.4, -0.2) is 28.4 Å². The van der Waals surface area contributed by atoms with Gasteiger partial charge in [-0.1, -0.05) is 6.07 Å². The summed E-state index contributed by atoms with van der Waals surface area (Å²) >= 11 is 0. The number of methoxy groups -OCH3 is 4. The third-order valence-electron chi connectivity index (χ3n) is 3.94. The van der Waals surface area contributed by atoms with Crippen LogP contribution >= 0.6 is 0 Å². The van der Waals surface area contributed by atoms with Crippen LogP contribution in [0.25, 0.3) is 22.1 Å². The van der Waals surface area contributed by atoms with E-state index in [0.29, 0.717) is 34.1 Å².